The fourth-order valence-corrected chi connectivity index (χ4v) is 0.874. The first kappa shape index (κ1) is 11.7. The van der Waals surface area contributed by atoms with E-state index in [-0.39, 0.29) is 20.3 Å². The molecule has 42 valence electrons. The largest absolute Gasteiger partial charge is 1.00 e. The SMILES string of the molecule is [B][SiH2]OP(=O)(O)O.[H-].[Li+]. The summed E-state index contributed by atoms with van der Waals surface area (Å²) in [5.41, 5.74) is 0. The molecule has 0 aromatic heterocycles. The summed E-state index contributed by atoms with van der Waals surface area (Å²) in [5.74, 6) is 0. The molecule has 0 atom stereocenters. The fourth-order valence-electron chi connectivity index (χ4n) is 0.0971. The van der Waals surface area contributed by atoms with Gasteiger partial charge >= 0.3 is 26.7 Å². The van der Waals surface area contributed by atoms with Crippen molar-refractivity contribution >= 4 is 24.9 Å². The van der Waals surface area contributed by atoms with Gasteiger partial charge in [0.15, 0.2) is 0 Å². The van der Waals surface area contributed by atoms with Gasteiger partial charge in [-0.3, -0.25) is 0 Å². The third-order valence-corrected chi connectivity index (χ3v) is 2.18. The first-order chi connectivity index (χ1) is 3.06. The number of hydrogen-bond acceptors (Lipinski definition) is 2. The van der Waals surface area contributed by atoms with Gasteiger partial charge in [0.05, 0.1) is 7.44 Å². The number of phosphoric acid groups is 1. The van der Waals surface area contributed by atoms with Gasteiger partial charge in [0.2, 0.25) is 0 Å². The smallest absolute Gasteiger partial charge is 1.00 e. The normalized spacial score (nSPS) is 11.8. The summed E-state index contributed by atoms with van der Waals surface area (Å²) in [4.78, 5) is 15.7. The molecule has 4 nitrogen and oxygen atoms in total. The van der Waals surface area contributed by atoms with Crippen LogP contribution in [-0.2, 0) is 8.78 Å². The van der Waals surface area contributed by atoms with Crippen LogP contribution < -0.4 is 18.9 Å². The zero-order chi connectivity index (χ0) is 5.91. The predicted octanol–water partition coefficient (Wildman–Crippen LogP) is -4.62. The zero-order valence-corrected chi connectivity index (χ0v) is 6.75. The van der Waals surface area contributed by atoms with Crippen molar-refractivity contribution in [2.45, 2.75) is 0 Å². The second-order valence-electron chi connectivity index (χ2n) is 0.786. The standard InChI is InChI=1S/BH4O4PSi.Li.H/c1-7-5-6(2,3)4;;/h7H2,(H2,2,3,4);;/q;+1;-1. The number of hydrogen-bond donors (Lipinski definition) is 2. The van der Waals surface area contributed by atoms with Crippen LogP contribution in [0.25, 0.3) is 0 Å². The molecule has 0 aliphatic carbocycles. The van der Waals surface area contributed by atoms with Crippen molar-refractivity contribution in [3.8, 4) is 0 Å². The maximum atomic E-state index is 9.66. The van der Waals surface area contributed by atoms with Gasteiger partial charge < -0.3 is 15.4 Å². The molecule has 8 heavy (non-hydrogen) atoms. The summed E-state index contributed by atoms with van der Waals surface area (Å²) in [5, 5.41) is 0. The van der Waals surface area contributed by atoms with Gasteiger partial charge in [-0.15, -0.1) is 0 Å². The quantitative estimate of drug-likeness (QED) is 0.303. The molecule has 0 rings (SSSR count). The van der Waals surface area contributed by atoms with Gasteiger partial charge in [-0.1, -0.05) is 0 Å². The van der Waals surface area contributed by atoms with Gasteiger partial charge in [0.25, 0.3) is 0 Å². The van der Waals surface area contributed by atoms with Crippen molar-refractivity contribution < 1.29 is 38.9 Å². The van der Waals surface area contributed by atoms with Crippen LogP contribution in [0.15, 0.2) is 0 Å². The van der Waals surface area contributed by atoms with Crippen molar-refractivity contribution in [2.24, 2.45) is 0 Å². The first-order valence-electron chi connectivity index (χ1n) is 1.46. The van der Waals surface area contributed by atoms with E-state index in [0.29, 0.717) is 0 Å². The van der Waals surface area contributed by atoms with Crippen LogP contribution in [0.2, 0.25) is 0 Å². The van der Waals surface area contributed by atoms with Crippen LogP contribution in [0.5, 0.6) is 0 Å². The van der Waals surface area contributed by atoms with Crippen molar-refractivity contribution in [1.82, 2.24) is 0 Å². The Kier molecular flexibility index (Phi) is 7.09. The third-order valence-electron chi connectivity index (χ3n) is 0.243. The average molecular weight is 146 g/mol. The zero-order valence-electron chi connectivity index (χ0n) is 5.44. The summed E-state index contributed by atoms with van der Waals surface area (Å²) in [6.07, 6.45) is 0. The van der Waals surface area contributed by atoms with Crippen molar-refractivity contribution in [3.05, 3.63) is 0 Å². The van der Waals surface area contributed by atoms with Crippen LogP contribution in [0.1, 0.15) is 1.43 Å². The van der Waals surface area contributed by atoms with E-state index in [9.17, 15) is 4.57 Å². The molecular formula is H5BLiO4PSi. The van der Waals surface area contributed by atoms with Crippen LogP contribution in [0, 0.1) is 0 Å². The van der Waals surface area contributed by atoms with E-state index in [4.69, 9.17) is 17.2 Å². The summed E-state index contributed by atoms with van der Waals surface area (Å²) in [6, 6.07) is 0. The minimum Gasteiger partial charge on any atom is -1.00 e. The van der Waals surface area contributed by atoms with E-state index in [0.717, 1.165) is 0 Å². The minimum absolute atomic E-state index is 0. The Hall–Kier alpha value is 0.989. The molecule has 0 amide bonds. The third kappa shape index (κ3) is 10.1. The molecule has 0 fully saturated rings. The van der Waals surface area contributed by atoms with E-state index in [1.165, 1.54) is 0 Å². The predicted molar refractivity (Wildman–Crippen MR) is 28.5 cm³/mol. The van der Waals surface area contributed by atoms with E-state index in [1.807, 2.05) is 0 Å². The molecule has 0 aromatic carbocycles. The second-order valence-corrected chi connectivity index (χ2v) is 3.13. The monoisotopic (exact) mass is 146 g/mol. The van der Waals surface area contributed by atoms with Gasteiger partial charge in [0, 0.05) is 0 Å². The molecule has 0 heterocycles. The van der Waals surface area contributed by atoms with Crippen LogP contribution in [-0.4, -0.2) is 26.9 Å². The Bertz CT molecular complexity index is 94.6. The van der Waals surface area contributed by atoms with Gasteiger partial charge in [-0.05, 0) is 0 Å². The topological polar surface area (TPSA) is 66.8 Å². The van der Waals surface area contributed by atoms with Crippen molar-refractivity contribution in [3.63, 3.8) is 0 Å². The van der Waals surface area contributed by atoms with Gasteiger partial charge in [0.1, 0.15) is 9.63 Å². The molecule has 0 saturated heterocycles. The maximum absolute atomic E-state index is 9.66. The van der Waals surface area contributed by atoms with Crippen LogP contribution >= 0.6 is 7.82 Å². The summed E-state index contributed by atoms with van der Waals surface area (Å²) < 4.78 is 13.5. The molecule has 0 aliphatic rings. The molecule has 0 spiro atoms. The van der Waals surface area contributed by atoms with Crippen LogP contribution in [0.4, 0.5) is 0 Å². The summed E-state index contributed by atoms with van der Waals surface area (Å²) >= 11 is 0. The Labute approximate surface area is 64.2 Å². The number of rotatable bonds is 2. The molecule has 0 unspecified atom stereocenters. The second kappa shape index (κ2) is 4.83. The molecule has 8 heteroatoms. The maximum Gasteiger partial charge on any atom is 1.00 e. The van der Waals surface area contributed by atoms with E-state index < -0.39 is 17.5 Å². The van der Waals surface area contributed by atoms with Gasteiger partial charge in [-0.2, -0.15) is 0 Å². The van der Waals surface area contributed by atoms with Gasteiger partial charge in [-0.25, -0.2) is 4.57 Å². The molecule has 0 saturated carbocycles. The van der Waals surface area contributed by atoms with E-state index in [1.54, 1.807) is 0 Å². The summed E-state index contributed by atoms with van der Waals surface area (Å²) in [7, 11) is -0.943. The Morgan fingerprint density at radius 1 is 1.75 bits per heavy atom. The summed E-state index contributed by atoms with van der Waals surface area (Å²) in [6.45, 7) is 0. The molecule has 2 radical (unpaired) electrons. The first-order valence-corrected chi connectivity index (χ1v) is 4.39. The Morgan fingerprint density at radius 3 is 2.12 bits per heavy atom. The molecular weight excluding hydrogens is 141 g/mol. The molecule has 0 bridgehead atoms. The average Bonchev–Trinajstić information content (AvgIpc) is 1.30. The van der Waals surface area contributed by atoms with Crippen molar-refractivity contribution in [2.75, 3.05) is 0 Å². The molecule has 2 N–H and O–H groups in total. The fraction of sp³-hybridized carbons (Fsp3) is 0. The van der Waals surface area contributed by atoms with E-state index in [2.05, 4.69) is 4.21 Å². The van der Waals surface area contributed by atoms with E-state index >= 15 is 0 Å². The van der Waals surface area contributed by atoms with Crippen LogP contribution in [0.3, 0.4) is 0 Å². The van der Waals surface area contributed by atoms with Crippen molar-refractivity contribution in [1.29, 1.82) is 0 Å². The minimum atomic E-state index is -4.23. The molecule has 0 aliphatic heterocycles. The Balaban J connectivity index is -0.000000180. The molecule has 0 aromatic rings. The Morgan fingerprint density at radius 2 is 2.12 bits per heavy atom.